The second-order valence-corrected chi connectivity index (χ2v) is 3.54. The summed E-state index contributed by atoms with van der Waals surface area (Å²) in [7, 11) is 0. The quantitative estimate of drug-likeness (QED) is 0.586. The molecule has 0 saturated heterocycles. The first-order valence-corrected chi connectivity index (χ1v) is 4.15. The molecule has 0 saturated carbocycles. The first-order valence-electron chi connectivity index (χ1n) is 4.15. The van der Waals surface area contributed by atoms with Crippen molar-refractivity contribution in [3.63, 3.8) is 0 Å². The molecule has 0 radical (unpaired) electrons. The number of hydrogen-bond donors (Lipinski definition) is 0. The molecule has 0 N–H and O–H groups in total. The van der Waals surface area contributed by atoms with E-state index in [1.807, 2.05) is 0 Å². The highest BCUT2D eigenvalue weighted by molar-refractivity contribution is 5.65. The van der Waals surface area contributed by atoms with Crippen LogP contribution in [0.5, 0.6) is 0 Å². The number of carbonyl (C=O) groups is 1. The Balaban J connectivity index is 3.37. The van der Waals surface area contributed by atoms with Gasteiger partial charge in [0.25, 0.3) is 0 Å². The Labute approximate surface area is 68.9 Å². The van der Waals surface area contributed by atoms with E-state index in [1.54, 1.807) is 0 Å². The van der Waals surface area contributed by atoms with E-state index in [4.69, 9.17) is 4.74 Å². The molecule has 11 heavy (non-hydrogen) atoms. The van der Waals surface area contributed by atoms with Crippen molar-refractivity contribution >= 4 is 5.97 Å². The van der Waals surface area contributed by atoms with E-state index in [1.165, 1.54) is 6.92 Å². The molecule has 2 heteroatoms. The van der Waals surface area contributed by atoms with Gasteiger partial charge in [0.05, 0.1) is 6.61 Å². The minimum Gasteiger partial charge on any atom is -0.466 e. The Morgan fingerprint density at radius 3 is 2.27 bits per heavy atom. The lowest BCUT2D eigenvalue weighted by Crippen LogP contribution is -2.11. The van der Waals surface area contributed by atoms with Crippen LogP contribution in [0.1, 0.15) is 34.1 Å². The third kappa shape index (κ3) is 7.37. The Morgan fingerprint density at radius 2 is 1.91 bits per heavy atom. The largest absolute Gasteiger partial charge is 0.466 e. The molecule has 0 aromatic rings. The van der Waals surface area contributed by atoms with Crippen LogP contribution in [-0.2, 0) is 9.53 Å². The van der Waals surface area contributed by atoms with Crippen LogP contribution in [-0.4, -0.2) is 12.6 Å². The molecule has 0 aromatic heterocycles. The van der Waals surface area contributed by atoms with Gasteiger partial charge in [0.1, 0.15) is 0 Å². The zero-order chi connectivity index (χ0) is 8.85. The third-order valence-electron chi connectivity index (χ3n) is 1.44. The predicted molar refractivity (Wildman–Crippen MR) is 45.3 cm³/mol. The second-order valence-electron chi connectivity index (χ2n) is 3.54. The predicted octanol–water partition coefficient (Wildman–Crippen LogP) is 2.23. The summed E-state index contributed by atoms with van der Waals surface area (Å²) < 4.78 is 4.87. The third-order valence-corrected chi connectivity index (χ3v) is 1.44. The fourth-order valence-electron chi connectivity index (χ4n) is 1.13. The van der Waals surface area contributed by atoms with Gasteiger partial charge in [-0.3, -0.25) is 4.79 Å². The molecule has 0 aliphatic rings. The van der Waals surface area contributed by atoms with Crippen LogP contribution in [0.4, 0.5) is 0 Å². The molecule has 0 amide bonds. The average Bonchev–Trinajstić information content (AvgIpc) is 1.82. The SMILES string of the molecule is CC(=O)OCC(C)CC(C)C. The Morgan fingerprint density at radius 1 is 1.36 bits per heavy atom. The van der Waals surface area contributed by atoms with Gasteiger partial charge in [0, 0.05) is 6.92 Å². The topological polar surface area (TPSA) is 26.3 Å². The van der Waals surface area contributed by atoms with Crippen LogP contribution in [0.2, 0.25) is 0 Å². The molecule has 0 aliphatic heterocycles. The van der Waals surface area contributed by atoms with Crippen molar-refractivity contribution in [2.24, 2.45) is 11.8 Å². The fourth-order valence-corrected chi connectivity index (χ4v) is 1.13. The van der Waals surface area contributed by atoms with E-state index >= 15 is 0 Å². The van der Waals surface area contributed by atoms with Gasteiger partial charge in [0.15, 0.2) is 0 Å². The molecule has 0 bridgehead atoms. The molecular formula is C9H18O2. The zero-order valence-corrected chi connectivity index (χ0v) is 7.89. The lowest BCUT2D eigenvalue weighted by molar-refractivity contribution is -0.142. The molecule has 0 spiro atoms. The van der Waals surface area contributed by atoms with Crippen LogP contribution in [0.15, 0.2) is 0 Å². The molecule has 66 valence electrons. The first-order chi connectivity index (χ1) is 5.02. The summed E-state index contributed by atoms with van der Waals surface area (Å²) in [5.74, 6) is 0.986. The molecular weight excluding hydrogens is 140 g/mol. The summed E-state index contributed by atoms with van der Waals surface area (Å²) in [6.45, 7) is 8.45. The fraction of sp³-hybridized carbons (Fsp3) is 0.889. The van der Waals surface area contributed by atoms with E-state index in [0.717, 1.165) is 6.42 Å². The van der Waals surface area contributed by atoms with Crippen molar-refractivity contribution in [3.8, 4) is 0 Å². The maximum Gasteiger partial charge on any atom is 0.302 e. The lowest BCUT2D eigenvalue weighted by Gasteiger charge is -2.12. The van der Waals surface area contributed by atoms with Gasteiger partial charge in [0.2, 0.25) is 0 Å². The number of ether oxygens (including phenoxy) is 1. The maximum absolute atomic E-state index is 10.4. The summed E-state index contributed by atoms with van der Waals surface area (Å²) in [4.78, 5) is 10.4. The van der Waals surface area contributed by atoms with Gasteiger partial charge in [-0.2, -0.15) is 0 Å². The van der Waals surface area contributed by atoms with Gasteiger partial charge in [-0.1, -0.05) is 20.8 Å². The monoisotopic (exact) mass is 158 g/mol. The number of hydrogen-bond acceptors (Lipinski definition) is 2. The van der Waals surface area contributed by atoms with Gasteiger partial charge in [-0.15, -0.1) is 0 Å². The van der Waals surface area contributed by atoms with Crippen molar-refractivity contribution in [2.75, 3.05) is 6.61 Å². The van der Waals surface area contributed by atoms with Crippen LogP contribution >= 0.6 is 0 Å². The molecule has 0 heterocycles. The highest BCUT2D eigenvalue weighted by Gasteiger charge is 2.05. The Kier molecular flexibility index (Phi) is 4.92. The van der Waals surface area contributed by atoms with Gasteiger partial charge in [-0.05, 0) is 18.3 Å². The van der Waals surface area contributed by atoms with Crippen LogP contribution in [0, 0.1) is 11.8 Å². The van der Waals surface area contributed by atoms with E-state index in [9.17, 15) is 4.79 Å². The molecule has 2 nitrogen and oxygen atoms in total. The first kappa shape index (κ1) is 10.5. The maximum atomic E-state index is 10.4. The average molecular weight is 158 g/mol. The zero-order valence-electron chi connectivity index (χ0n) is 7.89. The normalized spacial score (nSPS) is 13.2. The van der Waals surface area contributed by atoms with Crippen LogP contribution in [0.25, 0.3) is 0 Å². The van der Waals surface area contributed by atoms with Crippen molar-refractivity contribution in [3.05, 3.63) is 0 Å². The molecule has 0 rings (SSSR count). The Bertz CT molecular complexity index is 119. The number of carbonyl (C=O) groups excluding carboxylic acids is 1. The van der Waals surface area contributed by atoms with Crippen LogP contribution < -0.4 is 0 Å². The minimum atomic E-state index is -0.180. The number of rotatable bonds is 4. The van der Waals surface area contributed by atoms with E-state index in [-0.39, 0.29) is 5.97 Å². The minimum absolute atomic E-state index is 0.180. The van der Waals surface area contributed by atoms with Crippen molar-refractivity contribution < 1.29 is 9.53 Å². The lowest BCUT2D eigenvalue weighted by atomic mass is 10.00. The van der Waals surface area contributed by atoms with E-state index < -0.39 is 0 Å². The second kappa shape index (κ2) is 5.16. The van der Waals surface area contributed by atoms with Gasteiger partial charge in [-0.25, -0.2) is 0 Å². The summed E-state index contributed by atoms with van der Waals surface area (Å²) in [5.41, 5.74) is 0. The summed E-state index contributed by atoms with van der Waals surface area (Å²) in [6, 6.07) is 0. The summed E-state index contributed by atoms with van der Waals surface area (Å²) in [6.07, 6.45) is 1.12. The highest BCUT2D eigenvalue weighted by Crippen LogP contribution is 2.10. The molecule has 0 fully saturated rings. The van der Waals surface area contributed by atoms with Crippen molar-refractivity contribution in [1.82, 2.24) is 0 Å². The van der Waals surface area contributed by atoms with Gasteiger partial charge >= 0.3 is 5.97 Å². The standard InChI is InChI=1S/C9H18O2/c1-7(2)5-8(3)6-11-9(4)10/h7-8H,5-6H2,1-4H3. The highest BCUT2D eigenvalue weighted by atomic mass is 16.5. The molecule has 1 atom stereocenters. The Hall–Kier alpha value is -0.530. The molecule has 0 aliphatic carbocycles. The molecule has 0 aromatic carbocycles. The molecule has 1 unspecified atom stereocenters. The summed E-state index contributed by atoms with van der Waals surface area (Å²) in [5, 5.41) is 0. The van der Waals surface area contributed by atoms with Crippen molar-refractivity contribution in [2.45, 2.75) is 34.1 Å². The van der Waals surface area contributed by atoms with Crippen molar-refractivity contribution in [1.29, 1.82) is 0 Å². The van der Waals surface area contributed by atoms with Gasteiger partial charge < -0.3 is 4.74 Å². The smallest absolute Gasteiger partial charge is 0.302 e. The number of esters is 1. The summed E-state index contributed by atoms with van der Waals surface area (Å²) >= 11 is 0. The van der Waals surface area contributed by atoms with E-state index in [0.29, 0.717) is 18.4 Å². The van der Waals surface area contributed by atoms with Crippen LogP contribution in [0.3, 0.4) is 0 Å². The van der Waals surface area contributed by atoms with E-state index in [2.05, 4.69) is 20.8 Å².